The van der Waals surface area contributed by atoms with Crippen molar-refractivity contribution < 1.29 is 9.84 Å². The van der Waals surface area contributed by atoms with Gasteiger partial charge in [0.15, 0.2) is 0 Å². The molecule has 1 N–H and O–H groups in total. The second-order valence-electron chi connectivity index (χ2n) is 1.66. The number of ether oxygens (including phenoxy) is 1. The van der Waals surface area contributed by atoms with Crippen LogP contribution < -0.4 is 0 Å². The fourth-order valence-electron chi connectivity index (χ4n) is 0.376. The maximum absolute atomic E-state index is 9.10. The van der Waals surface area contributed by atoms with Crippen LogP contribution in [0.4, 0.5) is 0 Å². The van der Waals surface area contributed by atoms with E-state index in [0.29, 0.717) is 6.61 Å². The number of hydrogen-bond acceptors (Lipinski definition) is 4. The van der Waals surface area contributed by atoms with E-state index in [1.54, 1.807) is 11.4 Å². The van der Waals surface area contributed by atoms with Crippen LogP contribution in [0.5, 0.6) is 0 Å². The van der Waals surface area contributed by atoms with Gasteiger partial charge < -0.3 is 9.84 Å². The van der Waals surface area contributed by atoms with Crippen molar-refractivity contribution in [1.29, 1.82) is 0 Å². The maximum atomic E-state index is 9.10. The molecule has 0 spiro atoms. The minimum Gasteiger partial charge on any atom is -0.381 e. The first-order valence-electron chi connectivity index (χ1n) is 2.66. The first-order chi connectivity index (χ1) is 4.22. The molecule has 56 valence electrons. The number of aliphatic hydroxyl groups is 1. The Kier molecular flexibility index (Phi) is 5.18. The molecule has 1 unspecified atom stereocenters. The minimum atomic E-state index is -0.495. The summed E-state index contributed by atoms with van der Waals surface area (Å²) < 4.78 is 6.45. The standard InChI is InChI=1S/C5H13NO2S/c1-6(9-3)5(7)4-8-2/h5,7H,4H2,1-3H3. The minimum absolute atomic E-state index is 0.358. The summed E-state index contributed by atoms with van der Waals surface area (Å²) in [5.74, 6) is 0. The molecule has 0 heterocycles. The first-order valence-corrected chi connectivity index (χ1v) is 3.84. The van der Waals surface area contributed by atoms with Gasteiger partial charge in [0.1, 0.15) is 6.23 Å². The van der Waals surface area contributed by atoms with Crippen LogP contribution in [0.1, 0.15) is 0 Å². The van der Waals surface area contributed by atoms with E-state index < -0.39 is 6.23 Å². The van der Waals surface area contributed by atoms with Gasteiger partial charge in [-0.3, -0.25) is 0 Å². The Morgan fingerprint density at radius 2 is 2.33 bits per heavy atom. The van der Waals surface area contributed by atoms with Crippen molar-refractivity contribution >= 4 is 11.9 Å². The summed E-state index contributed by atoms with van der Waals surface area (Å²) in [5.41, 5.74) is 0. The van der Waals surface area contributed by atoms with Crippen molar-refractivity contribution in [2.45, 2.75) is 6.23 Å². The fraction of sp³-hybridized carbons (Fsp3) is 1.00. The van der Waals surface area contributed by atoms with Crippen LogP contribution in [0.25, 0.3) is 0 Å². The van der Waals surface area contributed by atoms with Crippen molar-refractivity contribution in [1.82, 2.24) is 4.31 Å². The highest BCUT2D eigenvalue weighted by Crippen LogP contribution is 2.04. The molecular formula is C5H13NO2S. The number of nitrogens with zero attached hydrogens (tertiary/aromatic N) is 1. The summed E-state index contributed by atoms with van der Waals surface area (Å²) in [4.78, 5) is 0. The molecule has 4 heteroatoms. The summed E-state index contributed by atoms with van der Waals surface area (Å²) in [6.07, 6.45) is 1.41. The molecule has 0 radical (unpaired) electrons. The zero-order valence-corrected chi connectivity index (χ0v) is 6.81. The molecule has 0 saturated carbocycles. The second-order valence-corrected chi connectivity index (χ2v) is 2.61. The van der Waals surface area contributed by atoms with Gasteiger partial charge in [-0.1, -0.05) is 11.9 Å². The SMILES string of the molecule is COCC(O)N(C)SC. The highest BCUT2D eigenvalue weighted by molar-refractivity contribution is 7.96. The molecule has 0 aromatic heterocycles. The molecular weight excluding hydrogens is 138 g/mol. The third-order valence-electron chi connectivity index (χ3n) is 1.02. The van der Waals surface area contributed by atoms with Gasteiger partial charge in [-0.15, -0.1) is 0 Å². The van der Waals surface area contributed by atoms with Crippen LogP contribution in [0.15, 0.2) is 0 Å². The zero-order valence-electron chi connectivity index (χ0n) is 6.00. The van der Waals surface area contributed by atoms with Gasteiger partial charge >= 0.3 is 0 Å². The lowest BCUT2D eigenvalue weighted by molar-refractivity contribution is 0.00861. The molecule has 0 aliphatic carbocycles. The maximum Gasteiger partial charge on any atom is 0.139 e. The first kappa shape index (κ1) is 9.23. The molecule has 3 nitrogen and oxygen atoms in total. The van der Waals surface area contributed by atoms with Crippen LogP contribution in [-0.4, -0.2) is 42.7 Å². The van der Waals surface area contributed by atoms with E-state index >= 15 is 0 Å². The molecule has 0 rings (SSSR count). The quantitative estimate of drug-likeness (QED) is 0.458. The molecule has 0 fully saturated rings. The van der Waals surface area contributed by atoms with E-state index in [0.717, 1.165) is 0 Å². The Balaban J connectivity index is 3.32. The van der Waals surface area contributed by atoms with Gasteiger partial charge in [0.2, 0.25) is 0 Å². The van der Waals surface area contributed by atoms with Crippen LogP contribution >= 0.6 is 11.9 Å². The summed E-state index contributed by atoms with van der Waals surface area (Å²) in [6, 6.07) is 0. The molecule has 0 aromatic rings. The van der Waals surface area contributed by atoms with Crippen molar-refractivity contribution in [3.63, 3.8) is 0 Å². The van der Waals surface area contributed by atoms with Crippen molar-refractivity contribution in [3.8, 4) is 0 Å². The molecule has 0 saturated heterocycles. The zero-order chi connectivity index (χ0) is 7.28. The average molecular weight is 151 g/mol. The van der Waals surface area contributed by atoms with Crippen molar-refractivity contribution in [3.05, 3.63) is 0 Å². The highest BCUT2D eigenvalue weighted by Gasteiger charge is 2.07. The Morgan fingerprint density at radius 3 is 2.67 bits per heavy atom. The summed E-state index contributed by atoms with van der Waals surface area (Å²) in [6.45, 7) is 0.358. The largest absolute Gasteiger partial charge is 0.381 e. The van der Waals surface area contributed by atoms with Crippen LogP contribution in [0.2, 0.25) is 0 Å². The van der Waals surface area contributed by atoms with Gasteiger partial charge in [-0.25, -0.2) is 4.31 Å². The van der Waals surface area contributed by atoms with E-state index in [1.165, 1.54) is 11.9 Å². The highest BCUT2D eigenvalue weighted by atomic mass is 32.2. The topological polar surface area (TPSA) is 32.7 Å². The predicted molar refractivity (Wildman–Crippen MR) is 39.2 cm³/mol. The summed E-state index contributed by atoms with van der Waals surface area (Å²) >= 11 is 1.48. The van der Waals surface area contributed by atoms with E-state index in [2.05, 4.69) is 0 Å². The number of likely N-dealkylation sites (N-methyl/N-ethyl adjacent to an activating group) is 1. The van der Waals surface area contributed by atoms with Crippen molar-refractivity contribution in [2.75, 3.05) is 27.0 Å². The number of rotatable bonds is 4. The molecule has 0 aliphatic heterocycles. The lowest BCUT2D eigenvalue weighted by Crippen LogP contribution is -2.29. The van der Waals surface area contributed by atoms with Crippen molar-refractivity contribution in [2.24, 2.45) is 0 Å². The predicted octanol–water partition coefficient (Wildman–Crippen LogP) is 0.161. The fourth-order valence-corrected chi connectivity index (χ4v) is 0.680. The molecule has 0 aliphatic rings. The van der Waals surface area contributed by atoms with Crippen LogP contribution in [-0.2, 0) is 4.74 Å². The average Bonchev–Trinajstić information content (AvgIpc) is 1.87. The Labute approximate surface area is 60.1 Å². The van der Waals surface area contributed by atoms with Crippen LogP contribution in [0.3, 0.4) is 0 Å². The third kappa shape index (κ3) is 3.75. The molecule has 0 amide bonds. The molecule has 1 atom stereocenters. The smallest absolute Gasteiger partial charge is 0.139 e. The Morgan fingerprint density at radius 1 is 1.78 bits per heavy atom. The van der Waals surface area contributed by atoms with E-state index in [-0.39, 0.29) is 0 Å². The van der Waals surface area contributed by atoms with Gasteiger partial charge in [-0.05, 0) is 6.26 Å². The lowest BCUT2D eigenvalue weighted by atomic mass is 10.6. The van der Waals surface area contributed by atoms with E-state index in [1.807, 2.05) is 13.3 Å². The normalized spacial score (nSPS) is 14.3. The second kappa shape index (κ2) is 5.05. The molecule has 9 heavy (non-hydrogen) atoms. The summed E-state index contributed by atoms with van der Waals surface area (Å²) in [7, 11) is 3.38. The monoisotopic (exact) mass is 151 g/mol. The van der Waals surface area contributed by atoms with Gasteiger partial charge in [0.25, 0.3) is 0 Å². The van der Waals surface area contributed by atoms with E-state index in [9.17, 15) is 0 Å². The Bertz CT molecular complexity index is 72.0. The molecule has 0 aromatic carbocycles. The third-order valence-corrected chi connectivity index (χ3v) is 1.84. The Hall–Kier alpha value is 0.230. The van der Waals surface area contributed by atoms with Gasteiger partial charge in [-0.2, -0.15) is 0 Å². The van der Waals surface area contributed by atoms with E-state index in [4.69, 9.17) is 9.84 Å². The molecule has 0 bridgehead atoms. The number of hydrogen-bond donors (Lipinski definition) is 1. The van der Waals surface area contributed by atoms with Gasteiger partial charge in [0, 0.05) is 14.2 Å². The number of methoxy groups -OCH3 is 1. The number of aliphatic hydroxyl groups excluding tert-OH is 1. The van der Waals surface area contributed by atoms with Crippen LogP contribution in [0, 0.1) is 0 Å². The van der Waals surface area contributed by atoms with Gasteiger partial charge in [0.05, 0.1) is 6.61 Å². The summed E-state index contributed by atoms with van der Waals surface area (Å²) in [5, 5.41) is 9.10. The lowest BCUT2D eigenvalue weighted by Gasteiger charge is -2.18.